The minimum atomic E-state index is -0.279. The highest BCUT2D eigenvalue weighted by molar-refractivity contribution is 7.08. The standard InChI is InChI=1S/C21H27FN4OS/c1-24-8-3-9-25(12-11-24)20-6-5-17(14-18(20)22)23-21(27)26-10-2-4-19(26)16-7-13-28-15-16/h5-7,13-15,19H,2-4,8-12H2,1H3,(H,23,27). The summed E-state index contributed by atoms with van der Waals surface area (Å²) in [6, 6.07) is 7.07. The van der Waals surface area contributed by atoms with Crippen molar-refractivity contribution in [2.75, 3.05) is 50.0 Å². The summed E-state index contributed by atoms with van der Waals surface area (Å²) in [7, 11) is 2.10. The number of carbonyl (C=O) groups excluding carboxylic acids is 1. The van der Waals surface area contributed by atoms with Crippen LogP contribution in [0.3, 0.4) is 0 Å². The van der Waals surface area contributed by atoms with Crippen molar-refractivity contribution in [3.05, 3.63) is 46.4 Å². The van der Waals surface area contributed by atoms with E-state index in [1.807, 2.05) is 10.3 Å². The van der Waals surface area contributed by atoms with E-state index >= 15 is 0 Å². The molecule has 1 aromatic heterocycles. The first-order valence-electron chi connectivity index (χ1n) is 9.94. The largest absolute Gasteiger partial charge is 0.368 e. The first-order valence-corrected chi connectivity index (χ1v) is 10.9. The molecule has 7 heteroatoms. The van der Waals surface area contributed by atoms with Gasteiger partial charge in [0, 0.05) is 31.9 Å². The molecule has 2 fully saturated rings. The van der Waals surface area contributed by atoms with E-state index in [0.29, 0.717) is 11.4 Å². The van der Waals surface area contributed by atoms with Gasteiger partial charge in [-0.15, -0.1) is 0 Å². The van der Waals surface area contributed by atoms with Gasteiger partial charge in [-0.05, 0) is 73.4 Å². The Balaban J connectivity index is 1.43. The van der Waals surface area contributed by atoms with E-state index in [1.165, 1.54) is 11.6 Å². The number of likely N-dealkylation sites (N-methyl/N-ethyl adjacent to an activating group) is 1. The number of benzene rings is 1. The van der Waals surface area contributed by atoms with Crippen LogP contribution in [0, 0.1) is 5.82 Å². The van der Waals surface area contributed by atoms with Crippen molar-refractivity contribution < 1.29 is 9.18 Å². The number of hydrogen-bond donors (Lipinski definition) is 1. The van der Waals surface area contributed by atoms with Crippen molar-refractivity contribution in [2.24, 2.45) is 0 Å². The second-order valence-corrected chi connectivity index (χ2v) is 8.43. The van der Waals surface area contributed by atoms with E-state index in [-0.39, 0.29) is 17.9 Å². The average molecular weight is 403 g/mol. The van der Waals surface area contributed by atoms with Crippen molar-refractivity contribution in [2.45, 2.75) is 25.3 Å². The predicted octanol–water partition coefficient (Wildman–Crippen LogP) is 4.40. The smallest absolute Gasteiger partial charge is 0.322 e. The van der Waals surface area contributed by atoms with Gasteiger partial charge in [0.2, 0.25) is 0 Å². The monoisotopic (exact) mass is 402 g/mol. The van der Waals surface area contributed by atoms with Gasteiger partial charge in [0.1, 0.15) is 5.82 Å². The van der Waals surface area contributed by atoms with Crippen molar-refractivity contribution in [1.29, 1.82) is 0 Å². The van der Waals surface area contributed by atoms with Gasteiger partial charge < -0.3 is 20.0 Å². The molecule has 0 radical (unpaired) electrons. The molecule has 4 rings (SSSR count). The van der Waals surface area contributed by atoms with E-state index in [4.69, 9.17) is 0 Å². The zero-order valence-electron chi connectivity index (χ0n) is 16.2. The van der Waals surface area contributed by atoms with E-state index in [0.717, 1.165) is 52.0 Å². The normalized spacial score (nSPS) is 21.0. The van der Waals surface area contributed by atoms with E-state index < -0.39 is 0 Å². The molecule has 0 aliphatic carbocycles. The molecule has 5 nitrogen and oxygen atoms in total. The van der Waals surface area contributed by atoms with Gasteiger partial charge in [0.05, 0.1) is 11.7 Å². The summed E-state index contributed by atoms with van der Waals surface area (Å²) in [6.45, 7) is 4.36. The lowest BCUT2D eigenvalue weighted by Gasteiger charge is -2.25. The number of halogens is 1. The molecule has 2 saturated heterocycles. The maximum absolute atomic E-state index is 14.8. The van der Waals surface area contributed by atoms with Crippen LogP contribution in [-0.2, 0) is 0 Å². The molecule has 1 unspecified atom stereocenters. The molecule has 0 spiro atoms. The number of nitrogens with one attached hydrogen (secondary N) is 1. The fourth-order valence-electron chi connectivity index (χ4n) is 4.14. The van der Waals surface area contributed by atoms with Gasteiger partial charge in [-0.3, -0.25) is 0 Å². The summed E-state index contributed by atoms with van der Waals surface area (Å²) in [5.41, 5.74) is 2.31. The number of likely N-dealkylation sites (tertiary alicyclic amines) is 1. The Morgan fingerprint density at radius 2 is 2.04 bits per heavy atom. The molecular weight excluding hydrogens is 375 g/mol. The van der Waals surface area contributed by atoms with E-state index in [9.17, 15) is 9.18 Å². The summed E-state index contributed by atoms with van der Waals surface area (Å²) in [5.74, 6) is -0.279. The molecule has 1 N–H and O–H groups in total. The van der Waals surface area contributed by atoms with Crippen molar-refractivity contribution in [1.82, 2.24) is 9.80 Å². The van der Waals surface area contributed by atoms with Gasteiger partial charge >= 0.3 is 6.03 Å². The molecule has 2 aromatic rings. The second kappa shape index (κ2) is 8.49. The van der Waals surface area contributed by atoms with Crippen LogP contribution in [0.2, 0.25) is 0 Å². The van der Waals surface area contributed by atoms with E-state index in [1.54, 1.807) is 23.5 Å². The molecule has 1 aromatic carbocycles. The number of urea groups is 1. The lowest BCUT2D eigenvalue weighted by atomic mass is 10.1. The number of hydrogen-bond acceptors (Lipinski definition) is 4. The number of carbonyl (C=O) groups is 1. The third-order valence-electron chi connectivity index (χ3n) is 5.70. The Morgan fingerprint density at radius 1 is 1.14 bits per heavy atom. The highest BCUT2D eigenvalue weighted by atomic mass is 32.1. The van der Waals surface area contributed by atoms with E-state index in [2.05, 4.69) is 33.6 Å². The summed E-state index contributed by atoms with van der Waals surface area (Å²) in [6.07, 6.45) is 2.98. The third kappa shape index (κ3) is 4.15. The van der Waals surface area contributed by atoms with Gasteiger partial charge in [0.25, 0.3) is 0 Å². The average Bonchev–Trinajstić information content (AvgIpc) is 3.32. The van der Waals surface area contributed by atoms with Crippen LogP contribution < -0.4 is 10.2 Å². The lowest BCUT2D eigenvalue weighted by molar-refractivity contribution is 0.207. The molecule has 3 heterocycles. The molecule has 0 bridgehead atoms. The molecule has 2 aliphatic rings. The van der Waals surface area contributed by atoms with Crippen LogP contribution in [0.1, 0.15) is 30.9 Å². The Labute approximate surface area is 169 Å². The van der Waals surface area contributed by atoms with Gasteiger partial charge in [-0.25, -0.2) is 9.18 Å². The quantitative estimate of drug-likeness (QED) is 0.827. The van der Waals surface area contributed by atoms with Crippen LogP contribution in [0.5, 0.6) is 0 Å². The van der Waals surface area contributed by atoms with Gasteiger partial charge in [-0.2, -0.15) is 11.3 Å². The fraction of sp³-hybridized carbons (Fsp3) is 0.476. The molecule has 2 amide bonds. The second-order valence-electron chi connectivity index (χ2n) is 7.65. The maximum Gasteiger partial charge on any atom is 0.322 e. The summed E-state index contributed by atoms with van der Waals surface area (Å²) in [5, 5.41) is 7.03. The van der Waals surface area contributed by atoms with Crippen LogP contribution in [-0.4, -0.2) is 55.6 Å². The van der Waals surface area contributed by atoms with Crippen LogP contribution in [0.4, 0.5) is 20.6 Å². The van der Waals surface area contributed by atoms with Crippen molar-refractivity contribution in [3.8, 4) is 0 Å². The Bertz CT molecular complexity index is 813. The molecule has 2 aliphatic heterocycles. The predicted molar refractivity (Wildman–Crippen MR) is 113 cm³/mol. The zero-order chi connectivity index (χ0) is 19.5. The van der Waals surface area contributed by atoms with Crippen LogP contribution >= 0.6 is 11.3 Å². The SMILES string of the molecule is CN1CCCN(c2ccc(NC(=O)N3CCCC3c3ccsc3)cc2F)CC1. The first-order chi connectivity index (χ1) is 13.6. The summed E-state index contributed by atoms with van der Waals surface area (Å²) < 4.78 is 14.8. The third-order valence-corrected chi connectivity index (χ3v) is 6.40. The Hall–Kier alpha value is -2.12. The van der Waals surface area contributed by atoms with Gasteiger partial charge in [-0.1, -0.05) is 0 Å². The fourth-order valence-corrected chi connectivity index (χ4v) is 4.85. The van der Waals surface area contributed by atoms with Crippen molar-refractivity contribution in [3.63, 3.8) is 0 Å². The molecule has 0 saturated carbocycles. The Kier molecular flexibility index (Phi) is 5.82. The molecule has 28 heavy (non-hydrogen) atoms. The van der Waals surface area contributed by atoms with Gasteiger partial charge in [0.15, 0.2) is 0 Å². The number of thiophene rings is 1. The zero-order valence-corrected chi connectivity index (χ0v) is 17.1. The molecular formula is C21H27FN4OS. The molecule has 1 atom stereocenters. The first kappa shape index (κ1) is 19.2. The number of rotatable bonds is 3. The highest BCUT2D eigenvalue weighted by Gasteiger charge is 2.30. The minimum absolute atomic E-state index is 0.115. The number of nitrogens with zero attached hydrogens (tertiary/aromatic N) is 3. The summed E-state index contributed by atoms with van der Waals surface area (Å²) in [4.78, 5) is 19.0. The maximum atomic E-state index is 14.8. The Morgan fingerprint density at radius 3 is 2.82 bits per heavy atom. The summed E-state index contributed by atoms with van der Waals surface area (Å²) >= 11 is 1.65. The lowest BCUT2D eigenvalue weighted by Crippen LogP contribution is -2.34. The number of anilines is 2. The van der Waals surface area contributed by atoms with Crippen LogP contribution in [0.15, 0.2) is 35.0 Å². The minimum Gasteiger partial charge on any atom is -0.368 e. The van der Waals surface area contributed by atoms with Crippen LogP contribution in [0.25, 0.3) is 0 Å². The van der Waals surface area contributed by atoms with Crippen molar-refractivity contribution >= 4 is 28.7 Å². The highest BCUT2D eigenvalue weighted by Crippen LogP contribution is 2.33. The molecule has 150 valence electrons. The topological polar surface area (TPSA) is 38.8 Å². The number of amides is 2.